The molecule has 0 spiro atoms. The number of methoxy groups -OCH3 is 1. The van der Waals surface area contributed by atoms with Crippen molar-refractivity contribution in [3.8, 4) is 5.75 Å². The van der Waals surface area contributed by atoms with Gasteiger partial charge in [-0.2, -0.15) is 0 Å². The first-order valence-electron chi connectivity index (χ1n) is 7.98. The molecule has 1 amide bonds. The molecule has 0 aliphatic heterocycles. The number of amides is 1. The molecule has 1 aromatic carbocycles. The van der Waals surface area contributed by atoms with Gasteiger partial charge in [-0.15, -0.1) is 0 Å². The lowest BCUT2D eigenvalue weighted by molar-refractivity contribution is 0.102. The smallest absolute Gasteiger partial charge is 0.259 e. The van der Waals surface area contributed by atoms with Gasteiger partial charge >= 0.3 is 0 Å². The number of aromatic nitrogens is 2. The highest BCUT2D eigenvalue weighted by atomic mass is 35.5. The molecule has 0 atom stereocenters. The highest BCUT2D eigenvalue weighted by Crippen LogP contribution is 2.40. The first-order chi connectivity index (χ1) is 12.1. The predicted octanol–water partition coefficient (Wildman–Crippen LogP) is 4.32. The number of nitrogens with one attached hydrogen (secondary N) is 1. The fourth-order valence-electron chi connectivity index (χ4n) is 2.82. The molecular weight excluding hydrogens is 342 g/mol. The molecule has 3 aromatic rings. The molecule has 1 aliphatic rings. The number of pyridine rings is 1. The molecule has 6 nitrogen and oxygen atoms in total. The third kappa shape index (κ3) is 2.93. The topological polar surface area (TPSA) is 77.2 Å². The Kier molecular flexibility index (Phi) is 3.84. The van der Waals surface area contributed by atoms with E-state index >= 15 is 0 Å². The Morgan fingerprint density at radius 2 is 2.16 bits per heavy atom. The number of carbonyl (C=O) groups excluding carboxylic acids is 1. The van der Waals surface area contributed by atoms with Crippen LogP contribution in [0.15, 0.2) is 28.8 Å². The summed E-state index contributed by atoms with van der Waals surface area (Å²) in [5, 5.41) is 7.89. The van der Waals surface area contributed by atoms with Gasteiger partial charge in [0.1, 0.15) is 5.75 Å². The summed E-state index contributed by atoms with van der Waals surface area (Å²) in [6, 6.07) is 6.94. The molecular formula is C18H16ClN3O3. The van der Waals surface area contributed by atoms with Crippen molar-refractivity contribution in [2.24, 2.45) is 0 Å². The molecule has 7 heteroatoms. The molecule has 2 aromatic heterocycles. The number of carbonyl (C=O) groups is 1. The second kappa shape index (κ2) is 6.04. The number of fused-ring (bicyclic) bond motifs is 1. The summed E-state index contributed by atoms with van der Waals surface area (Å²) in [5.41, 5.74) is 3.02. The zero-order valence-electron chi connectivity index (χ0n) is 13.8. The van der Waals surface area contributed by atoms with Crippen LogP contribution in [0.4, 0.5) is 5.69 Å². The Morgan fingerprint density at radius 1 is 1.36 bits per heavy atom. The van der Waals surface area contributed by atoms with E-state index < -0.39 is 0 Å². The summed E-state index contributed by atoms with van der Waals surface area (Å²) in [4.78, 5) is 17.4. The van der Waals surface area contributed by atoms with E-state index in [0.29, 0.717) is 44.7 Å². The number of halogens is 1. The van der Waals surface area contributed by atoms with Crippen LogP contribution in [0.5, 0.6) is 5.75 Å². The second-order valence-corrected chi connectivity index (χ2v) is 6.53. The van der Waals surface area contributed by atoms with E-state index in [2.05, 4.69) is 15.5 Å². The van der Waals surface area contributed by atoms with Gasteiger partial charge in [0, 0.05) is 17.3 Å². The third-order valence-corrected chi connectivity index (χ3v) is 4.58. The summed E-state index contributed by atoms with van der Waals surface area (Å²) in [5.74, 6) is 0.704. The molecule has 1 saturated carbocycles. The average Bonchev–Trinajstić information content (AvgIpc) is 3.38. The third-order valence-electron chi connectivity index (χ3n) is 4.29. The largest absolute Gasteiger partial charge is 0.495 e. The van der Waals surface area contributed by atoms with Crippen molar-refractivity contribution in [1.29, 1.82) is 0 Å². The lowest BCUT2D eigenvalue weighted by Gasteiger charge is -2.09. The number of nitrogens with zero attached hydrogens (tertiary/aromatic N) is 2. The zero-order valence-corrected chi connectivity index (χ0v) is 14.6. The van der Waals surface area contributed by atoms with E-state index in [9.17, 15) is 4.79 Å². The van der Waals surface area contributed by atoms with Crippen molar-refractivity contribution in [3.05, 3.63) is 46.2 Å². The summed E-state index contributed by atoms with van der Waals surface area (Å²) in [6.07, 6.45) is 2.17. The molecule has 0 saturated heterocycles. The van der Waals surface area contributed by atoms with Crippen LogP contribution in [0.3, 0.4) is 0 Å². The van der Waals surface area contributed by atoms with Gasteiger partial charge in [0.15, 0.2) is 0 Å². The lowest BCUT2D eigenvalue weighted by Crippen LogP contribution is -2.13. The number of rotatable bonds is 4. The van der Waals surface area contributed by atoms with Crippen LogP contribution in [0.1, 0.15) is 40.5 Å². The van der Waals surface area contributed by atoms with E-state index in [4.69, 9.17) is 20.9 Å². The molecule has 1 fully saturated rings. The van der Waals surface area contributed by atoms with Crippen LogP contribution < -0.4 is 10.1 Å². The summed E-state index contributed by atoms with van der Waals surface area (Å²) in [6.45, 7) is 1.80. The Balaban J connectivity index is 1.71. The predicted molar refractivity (Wildman–Crippen MR) is 94.5 cm³/mol. The van der Waals surface area contributed by atoms with Gasteiger partial charge in [-0.1, -0.05) is 16.8 Å². The minimum atomic E-state index is -0.248. The van der Waals surface area contributed by atoms with Crippen LogP contribution in [0, 0.1) is 6.92 Å². The summed E-state index contributed by atoms with van der Waals surface area (Å²) >= 11 is 6.13. The molecule has 1 N–H and O–H groups in total. The summed E-state index contributed by atoms with van der Waals surface area (Å²) in [7, 11) is 1.54. The average molecular weight is 358 g/mol. The SMILES string of the molecule is COc1ccc(NC(=O)c2cc(C3CC3)nc3onc(C)c23)cc1Cl. The number of ether oxygens (including phenoxy) is 1. The van der Waals surface area contributed by atoms with Crippen molar-refractivity contribution >= 4 is 34.3 Å². The van der Waals surface area contributed by atoms with Gasteiger partial charge in [-0.05, 0) is 44.0 Å². The van der Waals surface area contributed by atoms with Crippen molar-refractivity contribution in [2.75, 3.05) is 12.4 Å². The van der Waals surface area contributed by atoms with Gasteiger partial charge in [-0.3, -0.25) is 4.79 Å². The maximum absolute atomic E-state index is 12.9. The molecule has 0 unspecified atom stereocenters. The van der Waals surface area contributed by atoms with E-state index in [1.807, 2.05) is 6.07 Å². The van der Waals surface area contributed by atoms with E-state index in [0.717, 1.165) is 18.5 Å². The van der Waals surface area contributed by atoms with Crippen LogP contribution in [0.25, 0.3) is 11.1 Å². The minimum absolute atomic E-state index is 0.248. The van der Waals surface area contributed by atoms with Crippen LogP contribution in [-0.2, 0) is 0 Å². The molecule has 4 rings (SSSR count). The Hall–Kier alpha value is -2.60. The standard InChI is InChI=1S/C18H16ClN3O3/c1-9-16-12(8-14(10-3-4-10)21-18(16)25-22-9)17(23)20-11-5-6-15(24-2)13(19)7-11/h5-8,10H,3-4H2,1-2H3,(H,20,23). The van der Waals surface area contributed by atoms with Crippen LogP contribution >= 0.6 is 11.6 Å². The van der Waals surface area contributed by atoms with E-state index in [1.165, 1.54) is 0 Å². The Morgan fingerprint density at radius 3 is 2.84 bits per heavy atom. The van der Waals surface area contributed by atoms with Gasteiger partial charge in [0.25, 0.3) is 11.6 Å². The molecule has 128 valence electrons. The van der Waals surface area contributed by atoms with E-state index in [1.54, 1.807) is 32.2 Å². The van der Waals surface area contributed by atoms with Crippen molar-refractivity contribution in [2.45, 2.75) is 25.7 Å². The fraction of sp³-hybridized carbons (Fsp3) is 0.278. The molecule has 2 heterocycles. The van der Waals surface area contributed by atoms with Crippen molar-refractivity contribution < 1.29 is 14.1 Å². The highest BCUT2D eigenvalue weighted by Gasteiger charge is 2.28. The van der Waals surface area contributed by atoms with Gasteiger partial charge < -0.3 is 14.6 Å². The quantitative estimate of drug-likeness (QED) is 0.752. The number of aryl methyl sites for hydroxylation is 1. The monoisotopic (exact) mass is 357 g/mol. The molecule has 25 heavy (non-hydrogen) atoms. The number of hydrogen-bond acceptors (Lipinski definition) is 5. The first-order valence-corrected chi connectivity index (χ1v) is 8.36. The first kappa shape index (κ1) is 15.9. The Labute approximate surface area is 149 Å². The number of hydrogen-bond donors (Lipinski definition) is 1. The van der Waals surface area contributed by atoms with Crippen molar-refractivity contribution in [1.82, 2.24) is 10.1 Å². The van der Waals surface area contributed by atoms with Gasteiger partial charge in [0.05, 0.1) is 28.8 Å². The van der Waals surface area contributed by atoms with Crippen LogP contribution in [0.2, 0.25) is 5.02 Å². The maximum atomic E-state index is 12.9. The van der Waals surface area contributed by atoms with Crippen LogP contribution in [-0.4, -0.2) is 23.2 Å². The van der Waals surface area contributed by atoms with Crippen molar-refractivity contribution in [3.63, 3.8) is 0 Å². The number of benzene rings is 1. The lowest BCUT2D eigenvalue weighted by atomic mass is 10.1. The zero-order chi connectivity index (χ0) is 17.6. The number of anilines is 1. The maximum Gasteiger partial charge on any atom is 0.259 e. The molecule has 0 radical (unpaired) electrons. The summed E-state index contributed by atoms with van der Waals surface area (Å²) < 4.78 is 10.4. The van der Waals surface area contributed by atoms with Gasteiger partial charge in [0.2, 0.25) is 0 Å². The minimum Gasteiger partial charge on any atom is -0.495 e. The Bertz CT molecular complexity index is 979. The molecule has 0 bridgehead atoms. The second-order valence-electron chi connectivity index (χ2n) is 6.12. The highest BCUT2D eigenvalue weighted by molar-refractivity contribution is 6.32. The van der Waals surface area contributed by atoms with Gasteiger partial charge in [-0.25, -0.2) is 4.98 Å². The fourth-order valence-corrected chi connectivity index (χ4v) is 3.08. The van der Waals surface area contributed by atoms with E-state index in [-0.39, 0.29) is 5.91 Å². The molecule has 1 aliphatic carbocycles. The normalized spacial score (nSPS) is 13.9.